The van der Waals surface area contributed by atoms with Gasteiger partial charge in [-0.05, 0) is 5.92 Å². The van der Waals surface area contributed by atoms with Gasteiger partial charge in [-0.2, -0.15) is 0 Å². The van der Waals surface area contributed by atoms with Crippen molar-refractivity contribution >= 4 is 29.2 Å². The maximum absolute atomic E-state index is 4.85. The van der Waals surface area contributed by atoms with Gasteiger partial charge >= 0.3 is 29.6 Å². The zero-order chi connectivity index (χ0) is 6.57. The first-order valence-corrected chi connectivity index (χ1v) is 3.28. The Labute approximate surface area is 89.2 Å². The second-order valence-electron chi connectivity index (χ2n) is 1.95. The van der Waals surface area contributed by atoms with E-state index in [0.717, 1.165) is 0 Å². The molecular weight excluding hydrogens is 163 g/mol. The molecule has 0 aromatic rings. The molecule has 9 heavy (non-hydrogen) atoms. The van der Waals surface area contributed by atoms with Gasteiger partial charge in [-0.25, -0.2) is 0 Å². The molecule has 0 amide bonds. The molecule has 0 aromatic heterocycles. The van der Waals surface area contributed by atoms with Crippen LogP contribution in [0, 0.1) is 5.92 Å². The van der Waals surface area contributed by atoms with E-state index in [1.807, 2.05) is 13.8 Å². The number of rotatable bonds is 2. The number of thiocarbonyl (C=S) groups is 1. The van der Waals surface area contributed by atoms with Crippen molar-refractivity contribution in [1.29, 1.82) is 0 Å². The third kappa shape index (κ3) is 12.3. The summed E-state index contributed by atoms with van der Waals surface area (Å²) in [5.74, 6) is 0.510. The smallest absolute Gasteiger partial charge is 0.513 e. The Hall–Kier alpha value is 1.11. The molecule has 0 N–H and O–H groups in total. The molecule has 48 valence electrons. The van der Waals surface area contributed by atoms with Crippen LogP contribution in [0.4, 0.5) is 0 Å². The Bertz CT molecular complexity index is 85.0. The molecule has 0 fully saturated rings. The van der Waals surface area contributed by atoms with Gasteiger partial charge in [0, 0.05) is 4.38 Å². The van der Waals surface area contributed by atoms with E-state index in [1.54, 1.807) is 0 Å². The summed E-state index contributed by atoms with van der Waals surface area (Å²) in [5.41, 5.74) is 0. The standard InChI is InChI=1S/C5H10OS2.Na/c1-4(2)3-6-5(7)8;/h4H,3H2,1-2H3,(H,7,8);/q;+1/p-1. The van der Waals surface area contributed by atoms with Crippen LogP contribution in [0.25, 0.3) is 0 Å². The zero-order valence-electron chi connectivity index (χ0n) is 6.01. The van der Waals surface area contributed by atoms with E-state index < -0.39 is 0 Å². The largest absolute Gasteiger partial charge is 1.00 e. The Morgan fingerprint density at radius 2 is 2.11 bits per heavy atom. The van der Waals surface area contributed by atoms with Gasteiger partial charge < -0.3 is 29.6 Å². The van der Waals surface area contributed by atoms with Crippen molar-refractivity contribution in [3.05, 3.63) is 0 Å². The fraction of sp³-hybridized carbons (Fsp3) is 0.800. The summed E-state index contributed by atoms with van der Waals surface area (Å²) in [6, 6.07) is 0. The van der Waals surface area contributed by atoms with Gasteiger partial charge in [-0.3, -0.25) is 0 Å². The fourth-order valence-electron chi connectivity index (χ4n) is 0.235. The first-order chi connectivity index (χ1) is 3.63. The maximum atomic E-state index is 4.85. The van der Waals surface area contributed by atoms with Crippen molar-refractivity contribution in [1.82, 2.24) is 0 Å². The topological polar surface area (TPSA) is 9.23 Å². The van der Waals surface area contributed by atoms with Gasteiger partial charge in [-0.1, -0.05) is 13.8 Å². The molecule has 0 atom stereocenters. The number of ether oxygens (including phenoxy) is 1. The van der Waals surface area contributed by atoms with E-state index in [-0.39, 0.29) is 33.9 Å². The van der Waals surface area contributed by atoms with Crippen LogP contribution >= 0.6 is 12.2 Å². The minimum atomic E-state index is 0. The van der Waals surface area contributed by atoms with Crippen LogP contribution in [-0.4, -0.2) is 11.0 Å². The van der Waals surface area contributed by atoms with E-state index in [2.05, 4.69) is 24.8 Å². The Kier molecular flexibility index (Phi) is 10.2. The van der Waals surface area contributed by atoms with Crippen molar-refractivity contribution in [3.8, 4) is 0 Å². The molecule has 0 radical (unpaired) electrons. The molecule has 1 nitrogen and oxygen atoms in total. The zero-order valence-corrected chi connectivity index (χ0v) is 9.64. The normalized spacial score (nSPS) is 8.33. The number of hydrogen-bond acceptors (Lipinski definition) is 3. The predicted octanol–water partition coefficient (Wildman–Crippen LogP) is -1.51. The summed E-state index contributed by atoms with van der Waals surface area (Å²) in [6.07, 6.45) is 0. The molecule has 0 aliphatic rings. The van der Waals surface area contributed by atoms with Crippen molar-refractivity contribution in [2.24, 2.45) is 5.92 Å². The molecule has 0 aromatic carbocycles. The van der Waals surface area contributed by atoms with Crippen molar-refractivity contribution in [3.63, 3.8) is 0 Å². The fourth-order valence-corrected chi connectivity index (χ4v) is 0.371. The van der Waals surface area contributed by atoms with Crippen molar-refractivity contribution in [2.45, 2.75) is 13.8 Å². The summed E-state index contributed by atoms with van der Waals surface area (Å²) in [4.78, 5) is 0. The Morgan fingerprint density at radius 3 is 2.22 bits per heavy atom. The first-order valence-electron chi connectivity index (χ1n) is 2.46. The molecule has 0 aliphatic heterocycles. The maximum Gasteiger partial charge on any atom is 1.00 e. The number of hydrogen-bond donors (Lipinski definition) is 0. The average Bonchev–Trinajstić information content (AvgIpc) is 1.61. The quantitative estimate of drug-likeness (QED) is 0.285. The average molecular weight is 172 g/mol. The van der Waals surface area contributed by atoms with Crippen LogP contribution in [0.3, 0.4) is 0 Å². The van der Waals surface area contributed by atoms with Crippen molar-refractivity contribution < 1.29 is 34.3 Å². The SMILES string of the molecule is CC(C)COC(=S)[S-].[Na+]. The molecule has 0 unspecified atom stereocenters. The van der Waals surface area contributed by atoms with Gasteiger partial charge in [-0.15, -0.1) is 0 Å². The van der Waals surface area contributed by atoms with Gasteiger partial charge in [0.15, 0.2) is 0 Å². The van der Waals surface area contributed by atoms with E-state index >= 15 is 0 Å². The van der Waals surface area contributed by atoms with Crippen LogP contribution in [0.2, 0.25) is 0 Å². The van der Waals surface area contributed by atoms with E-state index in [4.69, 9.17) is 4.74 Å². The molecular formula is C5H9NaOS2. The first kappa shape index (κ1) is 12.8. The minimum Gasteiger partial charge on any atom is -0.513 e. The van der Waals surface area contributed by atoms with Gasteiger partial charge in [0.25, 0.3) is 0 Å². The van der Waals surface area contributed by atoms with Crippen LogP contribution in [-0.2, 0) is 17.4 Å². The third-order valence-electron chi connectivity index (χ3n) is 0.535. The minimum absolute atomic E-state index is 0. The van der Waals surface area contributed by atoms with Crippen molar-refractivity contribution in [2.75, 3.05) is 6.61 Å². The molecule has 0 aliphatic carbocycles. The van der Waals surface area contributed by atoms with E-state index in [1.165, 1.54) is 0 Å². The molecule has 0 saturated heterocycles. The second kappa shape index (κ2) is 7.22. The van der Waals surface area contributed by atoms with Crippen LogP contribution in [0.15, 0.2) is 0 Å². The monoisotopic (exact) mass is 172 g/mol. The van der Waals surface area contributed by atoms with Gasteiger partial charge in [0.2, 0.25) is 0 Å². The van der Waals surface area contributed by atoms with Crippen LogP contribution in [0.5, 0.6) is 0 Å². The Morgan fingerprint density at radius 1 is 1.67 bits per heavy atom. The molecule has 4 heteroatoms. The third-order valence-corrected chi connectivity index (χ3v) is 0.770. The predicted molar refractivity (Wildman–Crippen MR) is 40.8 cm³/mol. The molecule has 0 heterocycles. The summed E-state index contributed by atoms with van der Waals surface area (Å²) in [5, 5.41) is 0. The molecule has 0 saturated carbocycles. The molecule has 0 bridgehead atoms. The van der Waals surface area contributed by atoms with Crippen LogP contribution in [0.1, 0.15) is 13.8 Å². The summed E-state index contributed by atoms with van der Waals surface area (Å²) in [6.45, 7) is 4.74. The molecule has 0 spiro atoms. The second-order valence-corrected chi connectivity index (χ2v) is 2.95. The van der Waals surface area contributed by atoms with Gasteiger partial charge in [0.1, 0.15) is 0 Å². The van der Waals surface area contributed by atoms with E-state index in [9.17, 15) is 0 Å². The summed E-state index contributed by atoms with van der Waals surface area (Å²) in [7, 11) is 0. The van der Waals surface area contributed by atoms with E-state index in [0.29, 0.717) is 12.5 Å². The summed E-state index contributed by atoms with van der Waals surface area (Å²) < 4.78 is 5.07. The van der Waals surface area contributed by atoms with Gasteiger partial charge in [0.05, 0.1) is 6.61 Å². The summed E-state index contributed by atoms with van der Waals surface area (Å²) >= 11 is 9.01. The molecule has 0 rings (SSSR count). The van der Waals surface area contributed by atoms with Crippen LogP contribution < -0.4 is 29.6 Å². The Balaban J connectivity index is 0.